The van der Waals surface area contributed by atoms with Gasteiger partial charge >= 0.3 is 5.97 Å². The fraction of sp³-hybridized carbons (Fsp3) is 0.638. The van der Waals surface area contributed by atoms with Gasteiger partial charge in [0, 0.05) is 67.7 Å². The van der Waals surface area contributed by atoms with Gasteiger partial charge in [-0.25, -0.2) is 13.6 Å². The van der Waals surface area contributed by atoms with Crippen molar-refractivity contribution in [3.8, 4) is 5.75 Å². The van der Waals surface area contributed by atoms with Crippen LogP contribution in [0.1, 0.15) is 89.0 Å². The number of carbonyl (C=O) groups is 3. The number of methoxy groups -OCH3 is 1. The Morgan fingerprint density at radius 1 is 1.05 bits per heavy atom. The van der Waals surface area contributed by atoms with E-state index in [1.54, 1.807) is 13.0 Å². The van der Waals surface area contributed by atoms with Crippen molar-refractivity contribution in [3.63, 3.8) is 0 Å². The number of rotatable bonds is 15. The predicted octanol–water partition coefficient (Wildman–Crippen LogP) is 4.98. The lowest BCUT2D eigenvalue weighted by Crippen LogP contribution is -2.69. The molecule has 0 spiro atoms. The zero-order chi connectivity index (χ0) is 44.4. The monoisotopic (exact) mass is 864 g/mol. The van der Waals surface area contributed by atoms with Gasteiger partial charge in [-0.2, -0.15) is 0 Å². The number of aromatic nitrogens is 1. The molecule has 1 aromatic heterocycles. The molecule has 6 aliphatic rings. The Balaban J connectivity index is 0.807. The molecule has 0 bridgehead atoms. The van der Waals surface area contributed by atoms with Crippen molar-refractivity contribution in [2.24, 2.45) is 28.6 Å². The number of allylic oxidation sites excluding steroid dienone is 4. The predicted molar refractivity (Wildman–Crippen MR) is 226 cm³/mol. The van der Waals surface area contributed by atoms with Gasteiger partial charge in [-0.1, -0.05) is 25.5 Å². The number of benzene rings is 1. The molecule has 0 amide bonds. The van der Waals surface area contributed by atoms with Gasteiger partial charge in [0.25, 0.3) is 0 Å². The van der Waals surface area contributed by atoms with Crippen LogP contribution in [-0.4, -0.2) is 116 Å². The minimum Gasteiger partial charge on any atom is -0.492 e. The van der Waals surface area contributed by atoms with Gasteiger partial charge < -0.3 is 43.9 Å². The van der Waals surface area contributed by atoms with E-state index < -0.39 is 63.0 Å². The number of ketones is 2. The second-order valence-electron chi connectivity index (χ2n) is 18.8. The van der Waals surface area contributed by atoms with Crippen molar-refractivity contribution >= 4 is 34.1 Å². The van der Waals surface area contributed by atoms with Crippen molar-refractivity contribution in [1.29, 1.82) is 0 Å². The molecule has 2 heterocycles. The minimum absolute atomic E-state index is 0.0296. The molecule has 15 heteroatoms. The highest BCUT2D eigenvalue weighted by molar-refractivity contribution is 6.01. The third-order valence-corrected chi connectivity index (χ3v) is 15.3. The molecule has 2 aromatic rings. The molecule has 5 fully saturated rings. The van der Waals surface area contributed by atoms with Gasteiger partial charge in [-0.05, 0) is 88.8 Å². The summed E-state index contributed by atoms with van der Waals surface area (Å²) in [6.07, 6.45) is 9.09. The minimum atomic E-state index is -2.05. The third kappa shape index (κ3) is 7.14. The Morgan fingerprint density at radius 3 is 2.48 bits per heavy atom. The molecular formula is C47H60F2N3O10. The molecule has 1 saturated heterocycles. The molecular weight excluding hydrogens is 805 g/mol. The van der Waals surface area contributed by atoms with Crippen molar-refractivity contribution in [2.75, 3.05) is 64.7 Å². The maximum Gasteiger partial charge on any atom is 0.343 e. The summed E-state index contributed by atoms with van der Waals surface area (Å²) in [6.45, 7) is 9.61. The van der Waals surface area contributed by atoms with Crippen molar-refractivity contribution in [3.05, 3.63) is 64.1 Å². The number of halogens is 2. The number of fused-ring (bicyclic) bond motifs is 6. The van der Waals surface area contributed by atoms with Gasteiger partial charge in [0.15, 0.2) is 28.8 Å². The fourth-order valence-electron chi connectivity index (χ4n) is 11.9. The lowest BCUT2D eigenvalue weighted by molar-refractivity contribution is -0.218. The number of anilines is 1. The number of nitrogens with one attached hydrogen (secondary N) is 1. The molecule has 3 N–H and O–H groups in total. The van der Waals surface area contributed by atoms with Crippen LogP contribution in [0.15, 0.2) is 40.9 Å². The maximum atomic E-state index is 17.5. The summed E-state index contributed by atoms with van der Waals surface area (Å²) in [6, 6.07) is 1.37. The van der Waals surface area contributed by atoms with E-state index in [0.717, 1.165) is 12.8 Å². The molecule has 5 aliphatic carbocycles. The molecule has 8 rings (SSSR count). The lowest BCUT2D eigenvalue weighted by Gasteiger charge is -2.62. The van der Waals surface area contributed by atoms with Crippen LogP contribution in [0.5, 0.6) is 5.75 Å². The summed E-state index contributed by atoms with van der Waals surface area (Å²) in [5, 5.41) is 27.2. The number of nitrogens with zero attached hydrogens (tertiary/aromatic N) is 2. The van der Waals surface area contributed by atoms with Crippen LogP contribution in [0.4, 0.5) is 14.5 Å². The lowest BCUT2D eigenvalue weighted by atomic mass is 9.44. The number of ether oxygens (including phenoxy) is 4. The molecule has 1 aliphatic heterocycles. The first-order valence-electron chi connectivity index (χ1n) is 22.2. The average molecular weight is 865 g/mol. The molecule has 9 atom stereocenters. The number of pyridine rings is 1. The standard InChI is InChI=1S/C47H60F2N3O10/c1-27-21-35-34-11-8-29-22-31(53)12-13-44(29,3)46(34,49)38(55)24-45(35,4)47(27,58)37(54)7-6-16-60-17-18-61-19-20-62-43(57)33-26-52(30-9-10-30)39-32(41(33)56)23-36(48)40(42(39)59-5)51-15-14-50-28(2)25-51/h7,12-13,22-23,26-28,30,34-35,38,50,55,58H,6,8-11,14-21,24-25H2,1-5H3/t27-,28?,34-,35-,38-,44-,45-,46-,47-/m1/s1. The van der Waals surface area contributed by atoms with E-state index in [9.17, 15) is 29.4 Å². The zero-order valence-electron chi connectivity index (χ0n) is 36.3. The molecule has 13 nitrogen and oxygen atoms in total. The van der Waals surface area contributed by atoms with Crippen LogP contribution < -0.4 is 20.4 Å². The molecule has 1 unspecified atom stereocenters. The first-order valence-corrected chi connectivity index (χ1v) is 22.2. The summed E-state index contributed by atoms with van der Waals surface area (Å²) in [5.74, 6) is -3.25. The van der Waals surface area contributed by atoms with E-state index in [4.69, 9.17) is 18.9 Å². The average Bonchev–Trinajstić information content (AvgIpc) is 4.06. The number of aliphatic hydroxyl groups excluding tert-OH is 1. The van der Waals surface area contributed by atoms with Crippen molar-refractivity contribution in [2.45, 2.75) is 102 Å². The van der Waals surface area contributed by atoms with Crippen LogP contribution in [0.25, 0.3) is 10.9 Å². The van der Waals surface area contributed by atoms with Gasteiger partial charge in [-0.3, -0.25) is 14.4 Å². The highest BCUT2D eigenvalue weighted by Crippen LogP contribution is 2.70. The zero-order valence-corrected chi connectivity index (χ0v) is 36.3. The van der Waals surface area contributed by atoms with Crippen molar-refractivity contribution < 1.29 is 52.3 Å². The summed E-state index contributed by atoms with van der Waals surface area (Å²) >= 11 is 0. The van der Waals surface area contributed by atoms with Crippen LogP contribution in [-0.2, 0) is 23.8 Å². The largest absolute Gasteiger partial charge is 0.492 e. The van der Waals surface area contributed by atoms with E-state index in [0.29, 0.717) is 55.7 Å². The SMILES string of the molecule is COc1c(N2CCNC(C)C2)c(F)cc2c(=O)c(C(=O)OCCOCCOCC[CH]C(=O)[C@]3(O)[C@H](C)C[C@@H]4[C@H]5CCC6=CC(=O)C=C[C@@]6(C)[C@]5(F)[C@H](O)C[C@]43C)cn(C3CC3)c12. The highest BCUT2D eigenvalue weighted by atomic mass is 19.1. The van der Waals surface area contributed by atoms with E-state index in [2.05, 4.69) is 5.32 Å². The number of Topliss-reactive ketones (excluding diaryl/α,β-unsaturated/α-hetero) is 1. The molecule has 1 radical (unpaired) electrons. The molecule has 62 heavy (non-hydrogen) atoms. The first kappa shape index (κ1) is 44.6. The normalized spacial score (nSPS) is 34.1. The molecule has 4 saturated carbocycles. The number of piperazine rings is 1. The third-order valence-electron chi connectivity index (χ3n) is 15.3. The smallest absolute Gasteiger partial charge is 0.343 e. The summed E-state index contributed by atoms with van der Waals surface area (Å²) in [4.78, 5) is 54.8. The van der Waals surface area contributed by atoms with Gasteiger partial charge in [0.2, 0.25) is 5.43 Å². The highest BCUT2D eigenvalue weighted by Gasteiger charge is 2.75. The number of carbonyl (C=O) groups excluding carboxylic acids is 3. The quantitative estimate of drug-likeness (QED) is 0.163. The number of alkyl halides is 1. The number of hydrogen-bond acceptors (Lipinski definition) is 12. The van der Waals surface area contributed by atoms with E-state index >= 15 is 8.78 Å². The fourth-order valence-corrected chi connectivity index (χ4v) is 11.9. The topological polar surface area (TPSA) is 166 Å². The number of aliphatic hydroxyl groups is 2. The molecule has 337 valence electrons. The Labute approximate surface area is 360 Å². The molecule has 1 aromatic carbocycles. The summed E-state index contributed by atoms with van der Waals surface area (Å²) < 4.78 is 57.5. The van der Waals surface area contributed by atoms with Crippen LogP contribution >= 0.6 is 0 Å². The van der Waals surface area contributed by atoms with Gasteiger partial charge in [0.1, 0.15) is 23.5 Å². The summed E-state index contributed by atoms with van der Waals surface area (Å²) in [5.41, 5.74) is -5.46. The Morgan fingerprint density at radius 2 is 1.77 bits per heavy atom. The van der Waals surface area contributed by atoms with E-state index in [1.807, 2.05) is 30.2 Å². The Bertz CT molecular complexity index is 2240. The van der Waals surface area contributed by atoms with Gasteiger partial charge in [-0.15, -0.1) is 0 Å². The summed E-state index contributed by atoms with van der Waals surface area (Å²) in [7, 11) is 1.46. The maximum absolute atomic E-state index is 17.5. The van der Waals surface area contributed by atoms with Crippen LogP contribution in [0, 0.1) is 40.8 Å². The number of hydrogen-bond donors (Lipinski definition) is 3. The second-order valence-corrected chi connectivity index (χ2v) is 18.8. The Hall–Kier alpha value is -4.02. The second kappa shape index (κ2) is 16.8. The van der Waals surface area contributed by atoms with Crippen LogP contribution in [0.3, 0.4) is 0 Å². The van der Waals surface area contributed by atoms with Gasteiger partial charge in [0.05, 0.1) is 43.9 Å². The van der Waals surface area contributed by atoms with Crippen LogP contribution in [0.2, 0.25) is 0 Å². The van der Waals surface area contributed by atoms with Crippen molar-refractivity contribution in [1.82, 2.24) is 9.88 Å². The van der Waals surface area contributed by atoms with E-state index in [1.165, 1.54) is 37.9 Å². The first-order chi connectivity index (χ1) is 29.5. The number of esters is 1. The van der Waals surface area contributed by atoms with E-state index in [-0.39, 0.29) is 86.4 Å². The Kier molecular flexibility index (Phi) is 12.1.